The molecule has 1 unspecified atom stereocenters. The Balaban J connectivity index is 2.39. The molecular weight excluding hydrogens is 350 g/mol. The summed E-state index contributed by atoms with van der Waals surface area (Å²) in [6.45, 7) is 10.7. The zero-order valence-electron chi connectivity index (χ0n) is 16.3. The molecule has 1 aliphatic rings. The van der Waals surface area contributed by atoms with Gasteiger partial charge in [-0.2, -0.15) is 4.31 Å². The first kappa shape index (κ1) is 20.9. The molecule has 0 radical (unpaired) electrons. The quantitative estimate of drug-likeness (QED) is 0.750. The Hall–Kier alpha value is -1.44. The van der Waals surface area contributed by atoms with Crippen molar-refractivity contribution in [3.05, 3.63) is 29.3 Å². The summed E-state index contributed by atoms with van der Waals surface area (Å²) in [5.74, 6) is -0.0865. The Morgan fingerprint density at radius 3 is 2.46 bits per heavy atom. The van der Waals surface area contributed by atoms with E-state index in [0.29, 0.717) is 30.8 Å². The number of benzene rings is 1. The predicted octanol–water partition coefficient (Wildman–Crippen LogP) is 2.24. The first-order valence-electron chi connectivity index (χ1n) is 9.49. The average Bonchev–Trinajstić information content (AvgIpc) is 3.14. The Kier molecular flexibility index (Phi) is 7.20. The number of amides is 1. The first-order valence-corrected chi connectivity index (χ1v) is 10.9. The van der Waals surface area contributed by atoms with Gasteiger partial charge in [-0.05, 0) is 44.0 Å². The molecule has 1 aromatic rings. The maximum atomic E-state index is 13.1. The minimum Gasteiger partial charge on any atom is -0.334 e. The molecule has 1 atom stereocenters. The lowest BCUT2D eigenvalue weighted by molar-refractivity contribution is 0.0692. The fraction of sp³-hybridized carbons (Fsp3) is 0.632. The number of hydrogen-bond donors (Lipinski definition) is 1. The molecule has 1 heterocycles. The lowest BCUT2D eigenvalue weighted by atomic mass is 10.1. The highest BCUT2D eigenvalue weighted by Crippen LogP contribution is 2.23. The van der Waals surface area contributed by atoms with Crippen LogP contribution < -0.4 is 5.32 Å². The zero-order chi connectivity index (χ0) is 19.3. The summed E-state index contributed by atoms with van der Waals surface area (Å²) in [6, 6.07) is 5.20. The van der Waals surface area contributed by atoms with Gasteiger partial charge in [0.1, 0.15) is 0 Å². The summed E-state index contributed by atoms with van der Waals surface area (Å²) in [4.78, 5) is 15.2. The van der Waals surface area contributed by atoms with Gasteiger partial charge in [0.2, 0.25) is 10.0 Å². The van der Waals surface area contributed by atoms with E-state index in [4.69, 9.17) is 0 Å². The number of nitrogens with one attached hydrogen (secondary N) is 1. The molecule has 0 aliphatic carbocycles. The number of carbonyl (C=O) groups is 1. The highest BCUT2D eigenvalue weighted by molar-refractivity contribution is 7.89. The number of rotatable bonds is 8. The van der Waals surface area contributed by atoms with E-state index in [9.17, 15) is 13.2 Å². The van der Waals surface area contributed by atoms with Crippen LogP contribution >= 0.6 is 0 Å². The molecule has 0 spiro atoms. The lowest BCUT2D eigenvalue weighted by Gasteiger charge is -2.28. The Morgan fingerprint density at radius 2 is 1.92 bits per heavy atom. The summed E-state index contributed by atoms with van der Waals surface area (Å²) in [5, 5.41) is 3.30. The monoisotopic (exact) mass is 381 g/mol. The van der Waals surface area contributed by atoms with E-state index in [1.807, 2.05) is 25.7 Å². The van der Waals surface area contributed by atoms with Crippen molar-refractivity contribution in [2.45, 2.75) is 51.5 Å². The SMILES string of the molecule is CCCN(C(=O)c1ccc(C)c(S(=O)(=O)N(CC)CC)c1)C1CCNC1. The van der Waals surface area contributed by atoms with Crippen molar-refractivity contribution in [2.75, 3.05) is 32.7 Å². The fourth-order valence-electron chi connectivity index (χ4n) is 3.48. The van der Waals surface area contributed by atoms with Crippen LogP contribution in [0.1, 0.15) is 49.5 Å². The molecular formula is C19H31N3O3S. The molecule has 1 N–H and O–H groups in total. The second-order valence-electron chi connectivity index (χ2n) is 6.71. The molecule has 1 fully saturated rings. The normalized spacial score (nSPS) is 17.7. The molecule has 1 saturated heterocycles. The van der Waals surface area contributed by atoms with Gasteiger partial charge in [0, 0.05) is 37.8 Å². The number of carbonyl (C=O) groups excluding carboxylic acids is 1. The topological polar surface area (TPSA) is 69.7 Å². The van der Waals surface area contributed by atoms with Crippen molar-refractivity contribution >= 4 is 15.9 Å². The second-order valence-corrected chi connectivity index (χ2v) is 8.62. The highest BCUT2D eigenvalue weighted by Gasteiger charge is 2.29. The molecule has 1 amide bonds. The Bertz CT molecular complexity index is 724. The van der Waals surface area contributed by atoms with E-state index < -0.39 is 10.0 Å². The van der Waals surface area contributed by atoms with Crippen LogP contribution in [0.3, 0.4) is 0 Å². The molecule has 0 bridgehead atoms. The van der Waals surface area contributed by atoms with E-state index in [1.54, 1.807) is 25.1 Å². The van der Waals surface area contributed by atoms with Gasteiger partial charge in [-0.3, -0.25) is 4.79 Å². The third kappa shape index (κ3) is 4.27. The first-order chi connectivity index (χ1) is 12.4. The van der Waals surface area contributed by atoms with Gasteiger partial charge >= 0.3 is 0 Å². The molecule has 146 valence electrons. The van der Waals surface area contributed by atoms with Gasteiger partial charge in [-0.1, -0.05) is 26.8 Å². The van der Waals surface area contributed by atoms with Gasteiger partial charge in [0.25, 0.3) is 5.91 Å². The van der Waals surface area contributed by atoms with Crippen LogP contribution in [0.25, 0.3) is 0 Å². The largest absolute Gasteiger partial charge is 0.334 e. The molecule has 7 heteroatoms. The van der Waals surface area contributed by atoms with Crippen LogP contribution in [0.4, 0.5) is 0 Å². The van der Waals surface area contributed by atoms with E-state index in [2.05, 4.69) is 5.32 Å². The second kappa shape index (κ2) is 8.97. The van der Waals surface area contributed by atoms with Crippen molar-refractivity contribution in [3.63, 3.8) is 0 Å². The minimum atomic E-state index is -3.59. The van der Waals surface area contributed by atoms with Crippen LogP contribution in [0.15, 0.2) is 23.1 Å². The minimum absolute atomic E-state index is 0.0865. The maximum Gasteiger partial charge on any atom is 0.254 e. The molecule has 6 nitrogen and oxygen atoms in total. The zero-order valence-corrected chi connectivity index (χ0v) is 17.1. The molecule has 1 aliphatic heterocycles. The number of hydrogen-bond acceptors (Lipinski definition) is 4. The molecule has 26 heavy (non-hydrogen) atoms. The fourth-order valence-corrected chi connectivity index (χ4v) is 5.18. The van der Waals surface area contributed by atoms with E-state index >= 15 is 0 Å². The van der Waals surface area contributed by atoms with Crippen LogP contribution in [-0.4, -0.2) is 62.3 Å². The maximum absolute atomic E-state index is 13.1. The number of aryl methyl sites for hydroxylation is 1. The van der Waals surface area contributed by atoms with Gasteiger partial charge in [-0.15, -0.1) is 0 Å². The number of sulfonamides is 1. The predicted molar refractivity (Wildman–Crippen MR) is 104 cm³/mol. The van der Waals surface area contributed by atoms with Crippen molar-refractivity contribution < 1.29 is 13.2 Å². The van der Waals surface area contributed by atoms with Gasteiger partial charge < -0.3 is 10.2 Å². The smallest absolute Gasteiger partial charge is 0.254 e. The standard InChI is InChI=1S/C19H31N3O3S/c1-5-12-22(17-10-11-20-14-17)19(23)16-9-8-15(4)18(13-16)26(24,25)21(6-2)7-3/h8-9,13,17,20H,5-7,10-12,14H2,1-4H3. The van der Waals surface area contributed by atoms with Gasteiger partial charge in [0.05, 0.1) is 4.90 Å². The van der Waals surface area contributed by atoms with Crippen LogP contribution in [-0.2, 0) is 10.0 Å². The lowest BCUT2D eigenvalue weighted by Crippen LogP contribution is -2.42. The van der Waals surface area contributed by atoms with Crippen LogP contribution in [0.5, 0.6) is 0 Å². The molecule has 0 saturated carbocycles. The van der Waals surface area contributed by atoms with E-state index in [0.717, 1.165) is 25.9 Å². The van der Waals surface area contributed by atoms with Crippen LogP contribution in [0, 0.1) is 6.92 Å². The van der Waals surface area contributed by atoms with Crippen molar-refractivity contribution in [3.8, 4) is 0 Å². The van der Waals surface area contributed by atoms with E-state index in [1.165, 1.54) is 4.31 Å². The summed E-state index contributed by atoms with van der Waals surface area (Å²) in [7, 11) is -3.59. The Morgan fingerprint density at radius 1 is 1.23 bits per heavy atom. The van der Waals surface area contributed by atoms with Crippen LogP contribution in [0.2, 0.25) is 0 Å². The summed E-state index contributed by atoms with van der Waals surface area (Å²) >= 11 is 0. The highest BCUT2D eigenvalue weighted by atomic mass is 32.2. The molecule has 0 aromatic heterocycles. The van der Waals surface area contributed by atoms with Crippen molar-refractivity contribution in [2.24, 2.45) is 0 Å². The molecule has 2 rings (SSSR count). The van der Waals surface area contributed by atoms with Gasteiger partial charge in [-0.25, -0.2) is 8.42 Å². The average molecular weight is 382 g/mol. The summed E-state index contributed by atoms with van der Waals surface area (Å²) in [5.41, 5.74) is 1.11. The van der Waals surface area contributed by atoms with Crippen molar-refractivity contribution in [1.29, 1.82) is 0 Å². The van der Waals surface area contributed by atoms with E-state index in [-0.39, 0.29) is 16.8 Å². The molecule has 1 aromatic carbocycles. The third-order valence-electron chi connectivity index (χ3n) is 4.96. The van der Waals surface area contributed by atoms with Gasteiger partial charge in [0.15, 0.2) is 0 Å². The summed E-state index contributed by atoms with van der Waals surface area (Å²) in [6.07, 6.45) is 1.81. The third-order valence-corrected chi connectivity index (χ3v) is 7.15. The Labute approximate surface area is 157 Å². The summed E-state index contributed by atoms with van der Waals surface area (Å²) < 4.78 is 27.3. The number of nitrogens with zero attached hydrogens (tertiary/aromatic N) is 2. The van der Waals surface area contributed by atoms with Crippen molar-refractivity contribution in [1.82, 2.24) is 14.5 Å².